The van der Waals surface area contributed by atoms with Crippen molar-refractivity contribution in [2.45, 2.75) is 5.92 Å². The van der Waals surface area contributed by atoms with Crippen LogP contribution in [0.1, 0.15) is 17.3 Å². The third-order valence-corrected chi connectivity index (χ3v) is 4.10. The third kappa shape index (κ3) is 1.68. The lowest BCUT2D eigenvalue weighted by atomic mass is 9.99. The van der Waals surface area contributed by atoms with Gasteiger partial charge in [-0.15, -0.1) is 0 Å². The lowest BCUT2D eigenvalue weighted by Crippen LogP contribution is -2.45. The maximum atomic E-state index is 8.99. The van der Waals surface area contributed by atoms with Crippen molar-refractivity contribution >= 4 is 28.1 Å². The molecule has 0 saturated carbocycles. The van der Waals surface area contributed by atoms with Gasteiger partial charge in [0.15, 0.2) is 5.15 Å². The summed E-state index contributed by atoms with van der Waals surface area (Å²) in [7, 11) is 0. The molecule has 0 radical (unpaired) electrons. The number of halogens is 1. The lowest BCUT2D eigenvalue weighted by Gasteiger charge is -2.38. The second-order valence-electron chi connectivity index (χ2n) is 3.84. The molecule has 5 nitrogen and oxygen atoms in total. The van der Waals surface area contributed by atoms with Gasteiger partial charge in [-0.25, -0.2) is 4.98 Å². The van der Waals surface area contributed by atoms with Crippen LogP contribution in [0, 0.1) is 11.3 Å². The van der Waals surface area contributed by atoms with E-state index in [1.807, 2.05) is 6.20 Å². The first-order valence-corrected chi connectivity index (χ1v) is 6.24. The molecule has 0 atom stereocenters. The normalized spacial score (nSPS) is 15.6. The summed E-state index contributed by atoms with van der Waals surface area (Å²) in [6.45, 7) is 1.70. The van der Waals surface area contributed by atoms with Crippen LogP contribution in [0.4, 0.5) is 5.00 Å². The number of imidazole rings is 1. The van der Waals surface area contributed by atoms with E-state index in [0.717, 1.165) is 23.9 Å². The molecule has 0 aliphatic carbocycles. The van der Waals surface area contributed by atoms with Gasteiger partial charge in [-0.05, 0) is 11.5 Å². The maximum Gasteiger partial charge on any atom is 0.162 e. The molecule has 0 aromatic carbocycles. The molecule has 1 N–H and O–H groups in total. The molecule has 2 aromatic heterocycles. The molecule has 0 unspecified atom stereocenters. The Morgan fingerprint density at radius 1 is 1.59 bits per heavy atom. The van der Waals surface area contributed by atoms with Gasteiger partial charge in [-0.1, -0.05) is 11.6 Å². The zero-order valence-electron chi connectivity index (χ0n) is 8.72. The van der Waals surface area contributed by atoms with E-state index in [1.54, 1.807) is 6.20 Å². The Labute approximate surface area is 107 Å². The quantitative estimate of drug-likeness (QED) is 0.902. The summed E-state index contributed by atoms with van der Waals surface area (Å²) >= 11 is 7.11. The van der Waals surface area contributed by atoms with Crippen molar-refractivity contribution in [1.29, 1.82) is 5.26 Å². The molecule has 0 spiro atoms. The molecule has 7 heteroatoms. The topological polar surface area (TPSA) is 68.6 Å². The van der Waals surface area contributed by atoms with Crippen molar-refractivity contribution < 1.29 is 0 Å². The molecule has 3 heterocycles. The second-order valence-corrected chi connectivity index (χ2v) is 4.95. The number of aromatic amines is 1. The van der Waals surface area contributed by atoms with Gasteiger partial charge in [0.05, 0.1) is 5.92 Å². The van der Waals surface area contributed by atoms with Gasteiger partial charge in [0.25, 0.3) is 0 Å². The molecule has 2 aromatic rings. The number of hydrogen-bond acceptors (Lipinski definition) is 5. The van der Waals surface area contributed by atoms with Gasteiger partial charge in [0.2, 0.25) is 0 Å². The first kappa shape index (κ1) is 10.6. The third-order valence-electron chi connectivity index (χ3n) is 2.82. The van der Waals surface area contributed by atoms with E-state index in [2.05, 4.69) is 25.3 Å². The van der Waals surface area contributed by atoms with Gasteiger partial charge < -0.3 is 9.88 Å². The molecule has 1 aliphatic rings. The average molecular weight is 266 g/mol. The Bertz CT molecular complexity index is 564. The minimum Gasteiger partial charge on any atom is -0.359 e. The number of rotatable bonds is 2. The van der Waals surface area contributed by atoms with Crippen molar-refractivity contribution in [3.05, 3.63) is 28.9 Å². The summed E-state index contributed by atoms with van der Waals surface area (Å²) in [4.78, 5) is 9.44. The van der Waals surface area contributed by atoms with Crippen molar-refractivity contribution in [3.8, 4) is 6.07 Å². The van der Waals surface area contributed by atoms with Gasteiger partial charge in [0.1, 0.15) is 22.5 Å². The van der Waals surface area contributed by atoms with E-state index in [-0.39, 0.29) is 0 Å². The molecule has 1 saturated heterocycles. The zero-order chi connectivity index (χ0) is 11.8. The SMILES string of the molecule is N#Cc1c(Cl)nsc1N1CC(c2ncc[nH]2)C1. The molecule has 1 fully saturated rings. The van der Waals surface area contributed by atoms with Crippen LogP contribution in [-0.2, 0) is 0 Å². The van der Waals surface area contributed by atoms with E-state index in [1.165, 1.54) is 11.5 Å². The molecular weight excluding hydrogens is 258 g/mol. The predicted octanol–water partition coefficient (Wildman–Crippen LogP) is 2.00. The lowest BCUT2D eigenvalue weighted by molar-refractivity contribution is 0.507. The first-order valence-electron chi connectivity index (χ1n) is 5.09. The van der Waals surface area contributed by atoms with Crippen molar-refractivity contribution in [2.75, 3.05) is 18.0 Å². The van der Waals surface area contributed by atoms with Gasteiger partial charge in [-0.3, -0.25) is 0 Å². The fraction of sp³-hybridized carbons (Fsp3) is 0.300. The summed E-state index contributed by atoms with van der Waals surface area (Å²) in [6.07, 6.45) is 3.57. The Morgan fingerprint density at radius 2 is 2.41 bits per heavy atom. The van der Waals surface area contributed by atoms with Crippen LogP contribution in [0.15, 0.2) is 12.4 Å². The maximum absolute atomic E-state index is 8.99. The van der Waals surface area contributed by atoms with E-state index in [9.17, 15) is 0 Å². The van der Waals surface area contributed by atoms with Crippen LogP contribution in [0.25, 0.3) is 0 Å². The van der Waals surface area contributed by atoms with Crippen LogP contribution in [0.2, 0.25) is 5.15 Å². The number of hydrogen-bond donors (Lipinski definition) is 1. The highest BCUT2D eigenvalue weighted by atomic mass is 35.5. The Morgan fingerprint density at radius 3 is 3.06 bits per heavy atom. The molecule has 0 bridgehead atoms. The van der Waals surface area contributed by atoms with Gasteiger partial charge in [0, 0.05) is 25.5 Å². The number of nitrogens with zero attached hydrogens (tertiary/aromatic N) is 4. The number of H-pyrrole nitrogens is 1. The summed E-state index contributed by atoms with van der Waals surface area (Å²) in [5, 5.41) is 10.2. The Hall–Kier alpha value is -1.58. The standard InChI is InChI=1S/C10H8ClN5S/c11-8-7(3-12)10(17-15-8)16-4-6(5-16)9-13-1-2-14-9/h1-2,6H,4-5H2,(H,13,14). The van der Waals surface area contributed by atoms with Gasteiger partial charge in [-0.2, -0.15) is 9.64 Å². The van der Waals surface area contributed by atoms with E-state index >= 15 is 0 Å². The van der Waals surface area contributed by atoms with Crippen LogP contribution >= 0.6 is 23.1 Å². The molecule has 1 aliphatic heterocycles. The van der Waals surface area contributed by atoms with Crippen molar-refractivity contribution in [3.63, 3.8) is 0 Å². The summed E-state index contributed by atoms with van der Waals surface area (Å²) in [6, 6.07) is 2.09. The van der Waals surface area contributed by atoms with E-state index < -0.39 is 0 Å². The molecule has 17 heavy (non-hydrogen) atoms. The average Bonchev–Trinajstić information content (AvgIpc) is 2.87. The largest absolute Gasteiger partial charge is 0.359 e. The predicted molar refractivity (Wildman–Crippen MR) is 65.4 cm³/mol. The fourth-order valence-corrected chi connectivity index (χ4v) is 2.94. The highest BCUT2D eigenvalue weighted by molar-refractivity contribution is 7.10. The highest BCUT2D eigenvalue weighted by Crippen LogP contribution is 2.37. The van der Waals surface area contributed by atoms with Crippen LogP contribution in [-0.4, -0.2) is 27.4 Å². The number of nitriles is 1. The van der Waals surface area contributed by atoms with Crippen LogP contribution < -0.4 is 4.90 Å². The highest BCUT2D eigenvalue weighted by Gasteiger charge is 2.33. The Balaban J connectivity index is 1.75. The smallest absolute Gasteiger partial charge is 0.162 e. The van der Waals surface area contributed by atoms with Crippen molar-refractivity contribution in [1.82, 2.24) is 14.3 Å². The molecule has 3 rings (SSSR count). The van der Waals surface area contributed by atoms with E-state index in [4.69, 9.17) is 16.9 Å². The molecule has 86 valence electrons. The van der Waals surface area contributed by atoms with Crippen molar-refractivity contribution in [2.24, 2.45) is 0 Å². The summed E-state index contributed by atoms with van der Waals surface area (Å²) in [5.41, 5.74) is 0.481. The molecular formula is C10H8ClN5S. The zero-order valence-corrected chi connectivity index (χ0v) is 10.3. The first-order chi connectivity index (χ1) is 8.29. The number of aromatic nitrogens is 3. The number of anilines is 1. The van der Waals surface area contributed by atoms with Gasteiger partial charge >= 0.3 is 0 Å². The second kappa shape index (κ2) is 4.02. The minimum atomic E-state index is 0.300. The molecule has 0 amide bonds. The Kier molecular flexibility index (Phi) is 2.50. The van der Waals surface area contributed by atoms with Crippen LogP contribution in [0.3, 0.4) is 0 Å². The van der Waals surface area contributed by atoms with Crippen LogP contribution in [0.5, 0.6) is 0 Å². The number of nitrogens with one attached hydrogen (secondary N) is 1. The fourth-order valence-electron chi connectivity index (χ4n) is 1.89. The van der Waals surface area contributed by atoms with E-state index in [0.29, 0.717) is 16.6 Å². The summed E-state index contributed by atoms with van der Waals surface area (Å²) < 4.78 is 4.00. The minimum absolute atomic E-state index is 0.300. The summed E-state index contributed by atoms with van der Waals surface area (Å²) in [5.74, 6) is 1.40. The monoisotopic (exact) mass is 265 g/mol.